The summed E-state index contributed by atoms with van der Waals surface area (Å²) in [4.78, 5) is 4.79. The van der Waals surface area contributed by atoms with E-state index in [4.69, 9.17) is 0 Å². The first-order chi connectivity index (χ1) is 55.8. The van der Waals surface area contributed by atoms with Gasteiger partial charge < -0.3 is 18.9 Å². The maximum atomic E-state index is 2.45. The Bertz CT molecular complexity index is 7010. The van der Waals surface area contributed by atoms with Gasteiger partial charge in [0.15, 0.2) is 0 Å². The number of rotatable bonds is 15. The zero-order valence-corrected chi connectivity index (χ0v) is 62.7. The quantitative estimate of drug-likeness (QED) is 0.102. The molecule has 21 rings (SSSR count). The highest BCUT2D eigenvalue weighted by Crippen LogP contribution is 2.53. The summed E-state index contributed by atoms with van der Waals surface area (Å²) < 4.78 is 4.82. The molecule has 18 aromatic carbocycles. The van der Waals surface area contributed by atoms with Crippen molar-refractivity contribution in [3.05, 3.63) is 436 Å². The van der Waals surface area contributed by atoms with Gasteiger partial charge in [-0.1, -0.05) is 293 Å². The first-order valence-electron chi connectivity index (χ1n) is 39.1. The Morgan fingerprint density at radius 2 is 0.496 bits per heavy atom. The Morgan fingerprint density at radius 3 is 1.00 bits per heavy atom. The molecule has 1 aliphatic rings. The second-order valence-electron chi connectivity index (χ2n) is 30.4. The zero-order chi connectivity index (χ0) is 75.1. The highest BCUT2D eigenvalue weighted by atomic mass is 15.1. The lowest BCUT2D eigenvalue weighted by atomic mass is 9.81. The van der Waals surface area contributed by atoms with Crippen molar-refractivity contribution in [2.24, 2.45) is 0 Å². The van der Waals surface area contributed by atoms with E-state index in [1.807, 2.05) is 0 Å². The van der Waals surface area contributed by atoms with E-state index in [0.717, 1.165) is 78.8 Å². The molecule has 0 spiro atoms. The van der Waals surface area contributed by atoms with E-state index in [9.17, 15) is 0 Å². The minimum atomic E-state index is -0.272. The molecule has 532 valence electrons. The topological polar surface area (TPSA) is 16.3 Å². The van der Waals surface area contributed by atoms with Crippen molar-refractivity contribution in [3.8, 4) is 100 Å². The van der Waals surface area contributed by atoms with Crippen LogP contribution in [0.1, 0.15) is 25.0 Å². The van der Waals surface area contributed by atoms with Crippen LogP contribution in [-0.2, 0) is 5.41 Å². The van der Waals surface area contributed by atoms with E-state index >= 15 is 0 Å². The van der Waals surface area contributed by atoms with Crippen LogP contribution in [0.5, 0.6) is 0 Å². The molecule has 0 aliphatic heterocycles. The smallest absolute Gasteiger partial charge is 0.0541 e. The number of benzene rings is 18. The summed E-state index contributed by atoms with van der Waals surface area (Å²) in [7, 11) is 0. The molecule has 0 fully saturated rings. The average molecular weight is 1440 g/mol. The Kier molecular flexibility index (Phi) is 16.2. The number of anilines is 6. The summed E-state index contributed by atoms with van der Waals surface area (Å²) in [6.45, 7) is 4.79. The second-order valence-corrected chi connectivity index (χ2v) is 30.4. The summed E-state index contributed by atoms with van der Waals surface area (Å²) >= 11 is 0. The second kappa shape index (κ2) is 27.5. The van der Waals surface area contributed by atoms with Crippen LogP contribution in [0.3, 0.4) is 0 Å². The predicted octanol–water partition coefficient (Wildman–Crippen LogP) is 29.9. The van der Waals surface area contributed by atoms with Crippen LogP contribution in [-0.4, -0.2) is 9.13 Å². The van der Waals surface area contributed by atoms with Crippen molar-refractivity contribution >= 4 is 88.5 Å². The van der Waals surface area contributed by atoms with Crippen LogP contribution >= 0.6 is 0 Å². The van der Waals surface area contributed by atoms with Crippen molar-refractivity contribution in [2.45, 2.75) is 19.3 Å². The molecule has 113 heavy (non-hydrogen) atoms. The maximum absolute atomic E-state index is 2.45. The lowest BCUT2D eigenvalue weighted by Gasteiger charge is -2.28. The van der Waals surface area contributed by atoms with Crippen LogP contribution < -0.4 is 9.80 Å². The summed E-state index contributed by atoms with van der Waals surface area (Å²) in [6, 6.07) is 156. The fourth-order valence-electron chi connectivity index (χ4n) is 17.8. The molecular formula is C109H76N4. The molecule has 20 aromatic rings. The fraction of sp³-hybridized carbons (Fsp3) is 0.0275. The Balaban J connectivity index is 0.568. The van der Waals surface area contributed by atoms with Gasteiger partial charge in [-0.05, 0) is 251 Å². The monoisotopic (exact) mass is 1440 g/mol. The highest BCUT2D eigenvalue weighted by Gasteiger charge is 2.37. The molecule has 0 N–H and O–H groups in total. The lowest BCUT2D eigenvalue weighted by Crippen LogP contribution is -2.16. The van der Waals surface area contributed by atoms with E-state index in [1.165, 1.54) is 121 Å². The molecule has 2 aromatic heterocycles. The average Bonchev–Trinajstić information content (AvgIpc) is 1.59. The number of hydrogen-bond acceptors (Lipinski definition) is 2. The first kappa shape index (κ1) is 66.6. The van der Waals surface area contributed by atoms with Gasteiger partial charge in [0.2, 0.25) is 0 Å². The normalized spacial score (nSPS) is 12.2. The molecule has 0 saturated carbocycles. The van der Waals surface area contributed by atoms with E-state index in [-0.39, 0.29) is 5.41 Å². The van der Waals surface area contributed by atoms with E-state index in [1.54, 1.807) is 0 Å². The van der Waals surface area contributed by atoms with Crippen LogP contribution in [0.25, 0.3) is 155 Å². The molecule has 4 heteroatoms. The highest BCUT2D eigenvalue weighted by molar-refractivity contribution is 6.13. The van der Waals surface area contributed by atoms with Crippen molar-refractivity contribution in [1.82, 2.24) is 9.13 Å². The summed E-state index contributed by atoms with van der Waals surface area (Å²) in [5.74, 6) is 0. The third-order valence-corrected chi connectivity index (χ3v) is 23.5. The third-order valence-electron chi connectivity index (χ3n) is 23.5. The molecule has 4 nitrogen and oxygen atoms in total. The van der Waals surface area contributed by atoms with Crippen molar-refractivity contribution in [2.75, 3.05) is 9.80 Å². The standard InChI is InChI=1S/C109H76N4/c1-109(2)102-71-87(86-51-65-107-100(70-86)98-34-14-16-36-105(98)112(107)88-31-10-5-11-32-88)49-63-96(102)97-64-62-94(72-103(97)109)111(92-54-41-76(42-55-92)74-23-8-4-9-24-74)93-60-45-78(46-61-93)82-28-19-30-84(68-82)83-29-18-27-81(67-83)77-43-56-90(57-44-77)110(89-52-39-75(40-53-89)73-21-6-3-7-22-73)91-58-47-79(48-59-91)85-50-66-108-101(69-85)99-35-15-17-37-106(99)113(108)104-38-20-26-80-25-12-13-33-95(80)104/h3-72H,1-2H3. The number of nitrogens with zero attached hydrogens (tertiary/aromatic N) is 4. The van der Waals surface area contributed by atoms with Crippen LogP contribution in [0, 0.1) is 0 Å². The van der Waals surface area contributed by atoms with Gasteiger partial charge >= 0.3 is 0 Å². The van der Waals surface area contributed by atoms with Gasteiger partial charge in [0.05, 0.1) is 27.8 Å². The molecule has 0 amide bonds. The number of aromatic nitrogens is 2. The molecule has 1 aliphatic carbocycles. The van der Waals surface area contributed by atoms with Gasteiger partial charge in [-0.25, -0.2) is 0 Å². The van der Waals surface area contributed by atoms with E-state index in [0.29, 0.717) is 0 Å². The lowest BCUT2D eigenvalue weighted by molar-refractivity contribution is 0.660. The molecule has 0 radical (unpaired) electrons. The minimum Gasteiger partial charge on any atom is -0.311 e. The molecule has 2 heterocycles. The van der Waals surface area contributed by atoms with Crippen LogP contribution in [0.2, 0.25) is 0 Å². The third kappa shape index (κ3) is 11.8. The van der Waals surface area contributed by atoms with Gasteiger partial charge in [-0.2, -0.15) is 0 Å². The van der Waals surface area contributed by atoms with E-state index < -0.39 is 0 Å². The SMILES string of the molecule is CC1(C)c2cc(-c3ccc4c(c3)c3ccccc3n4-c3ccccc3)ccc2-c2ccc(N(c3ccc(-c4ccccc4)cc3)c3ccc(-c4cccc(-c5cccc(-c6ccc(N(c7ccc(-c8ccccc8)cc7)c7ccc(-c8ccc9c(c8)c8ccccc8n9-c8cccc9ccccc89)cc7)cc6)c5)c4)cc3)cc21. The minimum absolute atomic E-state index is 0.272. The van der Waals surface area contributed by atoms with Gasteiger partial charge in [-0.15, -0.1) is 0 Å². The predicted molar refractivity (Wildman–Crippen MR) is 478 cm³/mol. The van der Waals surface area contributed by atoms with Gasteiger partial charge in [-0.3, -0.25) is 0 Å². The van der Waals surface area contributed by atoms with E-state index in [2.05, 4.69) is 457 Å². The van der Waals surface area contributed by atoms with Crippen molar-refractivity contribution < 1.29 is 0 Å². The molecule has 0 bridgehead atoms. The Hall–Kier alpha value is -14.6. The number of para-hydroxylation sites is 3. The fourth-order valence-corrected chi connectivity index (χ4v) is 17.8. The number of hydrogen-bond donors (Lipinski definition) is 0. The van der Waals surface area contributed by atoms with Gasteiger partial charge in [0.25, 0.3) is 0 Å². The van der Waals surface area contributed by atoms with Gasteiger partial charge in [0.1, 0.15) is 0 Å². The number of fused-ring (bicyclic) bond motifs is 10. The van der Waals surface area contributed by atoms with Crippen LogP contribution in [0.4, 0.5) is 34.1 Å². The maximum Gasteiger partial charge on any atom is 0.0541 e. The largest absolute Gasteiger partial charge is 0.311 e. The summed E-state index contributed by atoms with van der Waals surface area (Å²) in [5, 5.41) is 7.44. The van der Waals surface area contributed by atoms with Crippen molar-refractivity contribution in [1.29, 1.82) is 0 Å². The first-order valence-corrected chi connectivity index (χ1v) is 39.1. The summed E-state index contributed by atoms with van der Waals surface area (Å²) in [5.41, 5.74) is 35.1. The molecule has 0 atom stereocenters. The van der Waals surface area contributed by atoms with Gasteiger partial charge in [0, 0.05) is 72.2 Å². The zero-order valence-electron chi connectivity index (χ0n) is 62.7. The Morgan fingerprint density at radius 1 is 0.195 bits per heavy atom. The molecule has 0 unspecified atom stereocenters. The van der Waals surface area contributed by atoms with Crippen molar-refractivity contribution in [3.63, 3.8) is 0 Å². The molecular weight excluding hydrogens is 1370 g/mol. The summed E-state index contributed by atoms with van der Waals surface area (Å²) in [6.07, 6.45) is 0. The van der Waals surface area contributed by atoms with Crippen LogP contribution in [0.15, 0.2) is 425 Å². The Labute approximate surface area is 658 Å². The molecule has 0 saturated heterocycles.